The molecule has 2 saturated heterocycles. The Morgan fingerprint density at radius 3 is 2.63 bits per heavy atom. The first-order chi connectivity index (χ1) is 14.3. The number of aromatic nitrogens is 1. The van der Waals surface area contributed by atoms with Crippen LogP contribution in [0.2, 0.25) is 0 Å². The van der Waals surface area contributed by atoms with Crippen molar-refractivity contribution < 1.29 is 18.0 Å². The molecule has 1 amide bonds. The summed E-state index contributed by atoms with van der Waals surface area (Å²) in [5, 5.41) is 3.85. The minimum absolute atomic E-state index is 0.0752. The quantitative estimate of drug-likeness (QED) is 0.794. The van der Waals surface area contributed by atoms with Crippen LogP contribution in [0.5, 0.6) is 0 Å². The molecule has 4 rings (SSSR count). The molecule has 1 aromatic heterocycles. The van der Waals surface area contributed by atoms with Crippen molar-refractivity contribution in [2.24, 2.45) is 5.73 Å². The van der Waals surface area contributed by atoms with Gasteiger partial charge in [-0.2, -0.15) is 13.2 Å². The Balaban J connectivity index is 1.38. The second-order valence-electron chi connectivity index (χ2n) is 8.09. The number of anilines is 1. The molecule has 0 saturated carbocycles. The summed E-state index contributed by atoms with van der Waals surface area (Å²) < 4.78 is 39.3. The molecular formula is C21H26F3N5O. The van der Waals surface area contributed by atoms with E-state index >= 15 is 0 Å². The van der Waals surface area contributed by atoms with Crippen LogP contribution in [-0.4, -0.2) is 59.1 Å². The van der Waals surface area contributed by atoms with E-state index in [4.69, 9.17) is 5.73 Å². The molecule has 2 aromatic rings. The van der Waals surface area contributed by atoms with Gasteiger partial charge in [0.15, 0.2) is 0 Å². The Kier molecular flexibility index (Phi) is 5.84. The Bertz CT molecular complexity index is 911. The van der Waals surface area contributed by atoms with Gasteiger partial charge in [0.25, 0.3) is 0 Å². The van der Waals surface area contributed by atoms with Crippen molar-refractivity contribution in [1.29, 1.82) is 0 Å². The smallest absolute Gasteiger partial charge is 0.382 e. The number of amides is 1. The molecular weight excluding hydrogens is 395 g/mol. The summed E-state index contributed by atoms with van der Waals surface area (Å²) in [6.45, 7) is 2.60. The lowest BCUT2D eigenvalue weighted by molar-refractivity contribution is -0.137. The molecule has 1 atom stereocenters. The van der Waals surface area contributed by atoms with Crippen molar-refractivity contribution >= 4 is 22.5 Å². The maximum absolute atomic E-state index is 13.1. The Morgan fingerprint density at radius 2 is 1.97 bits per heavy atom. The molecule has 0 radical (unpaired) electrons. The number of nitrogens with two attached hydrogens (primary N) is 1. The Hall–Kier alpha value is -2.39. The van der Waals surface area contributed by atoms with Crippen molar-refractivity contribution in [1.82, 2.24) is 14.8 Å². The van der Waals surface area contributed by atoms with Crippen LogP contribution in [0.1, 0.15) is 31.2 Å². The second-order valence-corrected chi connectivity index (χ2v) is 8.09. The number of likely N-dealkylation sites (tertiary alicyclic amines) is 2. The Labute approximate surface area is 173 Å². The third-order valence-electron chi connectivity index (χ3n) is 5.98. The number of piperidine rings is 1. The van der Waals surface area contributed by atoms with Crippen LogP contribution in [-0.2, 0) is 11.0 Å². The number of pyridine rings is 1. The van der Waals surface area contributed by atoms with Crippen LogP contribution in [0.15, 0.2) is 30.5 Å². The largest absolute Gasteiger partial charge is 0.417 e. The van der Waals surface area contributed by atoms with Gasteiger partial charge in [-0.3, -0.25) is 14.7 Å². The minimum atomic E-state index is -4.43. The first-order valence-electron chi connectivity index (χ1n) is 10.3. The van der Waals surface area contributed by atoms with Crippen LogP contribution in [0.25, 0.3) is 10.9 Å². The highest BCUT2D eigenvalue weighted by Gasteiger charge is 2.32. The fraction of sp³-hybridized carbons (Fsp3) is 0.524. The van der Waals surface area contributed by atoms with Gasteiger partial charge in [0.1, 0.15) is 0 Å². The highest BCUT2D eigenvalue weighted by molar-refractivity contribution is 5.91. The molecule has 6 nitrogen and oxygen atoms in total. The highest BCUT2D eigenvalue weighted by Crippen LogP contribution is 2.33. The van der Waals surface area contributed by atoms with E-state index in [1.54, 1.807) is 23.1 Å². The summed E-state index contributed by atoms with van der Waals surface area (Å²) in [5.74, 6) is 0.0752. The van der Waals surface area contributed by atoms with Crippen molar-refractivity contribution in [3.63, 3.8) is 0 Å². The molecule has 2 aliphatic rings. The number of nitrogens with zero attached hydrogens (tertiary/aromatic N) is 3. The van der Waals surface area contributed by atoms with E-state index in [2.05, 4.69) is 15.2 Å². The average molecular weight is 421 g/mol. The monoisotopic (exact) mass is 421 g/mol. The summed E-state index contributed by atoms with van der Waals surface area (Å²) in [5.41, 5.74) is 6.41. The lowest BCUT2D eigenvalue weighted by Crippen LogP contribution is -2.48. The van der Waals surface area contributed by atoms with Gasteiger partial charge >= 0.3 is 6.18 Å². The Morgan fingerprint density at radius 1 is 1.20 bits per heavy atom. The molecule has 9 heteroatoms. The molecule has 30 heavy (non-hydrogen) atoms. The van der Waals surface area contributed by atoms with Crippen LogP contribution >= 0.6 is 0 Å². The molecule has 0 bridgehead atoms. The van der Waals surface area contributed by atoms with Gasteiger partial charge in [-0.1, -0.05) is 6.07 Å². The summed E-state index contributed by atoms with van der Waals surface area (Å²) in [6.07, 6.45) is -0.303. The number of rotatable bonds is 4. The highest BCUT2D eigenvalue weighted by atomic mass is 19.4. The van der Waals surface area contributed by atoms with Crippen molar-refractivity contribution in [2.45, 2.75) is 44.1 Å². The van der Waals surface area contributed by atoms with Gasteiger partial charge < -0.3 is 16.0 Å². The van der Waals surface area contributed by atoms with Crippen LogP contribution < -0.4 is 11.1 Å². The van der Waals surface area contributed by atoms with Gasteiger partial charge in [-0.15, -0.1) is 0 Å². The molecule has 0 aliphatic carbocycles. The number of nitrogens with one attached hydrogen (secondary N) is 1. The van der Waals surface area contributed by atoms with E-state index in [0.717, 1.165) is 57.6 Å². The average Bonchev–Trinajstić information content (AvgIpc) is 3.15. The zero-order chi connectivity index (χ0) is 21.3. The van der Waals surface area contributed by atoms with E-state index in [0.29, 0.717) is 23.1 Å². The van der Waals surface area contributed by atoms with Crippen LogP contribution in [0.3, 0.4) is 0 Å². The minimum Gasteiger partial charge on any atom is -0.382 e. The third kappa shape index (κ3) is 4.52. The van der Waals surface area contributed by atoms with Crippen LogP contribution in [0, 0.1) is 0 Å². The molecule has 162 valence electrons. The third-order valence-corrected chi connectivity index (χ3v) is 5.98. The predicted octanol–water partition coefficient (Wildman–Crippen LogP) is 3.04. The van der Waals surface area contributed by atoms with E-state index < -0.39 is 11.7 Å². The number of carbonyl (C=O) groups is 1. The normalized spacial score (nSPS) is 21.3. The number of carbonyl (C=O) groups excluding carboxylic acids is 1. The first kappa shape index (κ1) is 20.9. The molecule has 2 fully saturated rings. The number of alkyl halides is 3. The second kappa shape index (κ2) is 8.39. The van der Waals surface area contributed by atoms with E-state index in [1.165, 1.54) is 0 Å². The van der Waals surface area contributed by atoms with Gasteiger partial charge in [0.2, 0.25) is 5.91 Å². The SMILES string of the molecule is N[C@@H]1CCCN1C(=O)CN1CCC(Nc2cccc3ncc(C(F)(F)F)cc23)CC1. The number of hydrogen-bond acceptors (Lipinski definition) is 5. The van der Waals surface area contributed by atoms with E-state index in [9.17, 15) is 18.0 Å². The van der Waals surface area contributed by atoms with Gasteiger partial charge in [0.05, 0.1) is 23.8 Å². The maximum Gasteiger partial charge on any atom is 0.417 e. The molecule has 3 heterocycles. The maximum atomic E-state index is 13.1. The molecule has 1 aromatic carbocycles. The molecule has 3 N–H and O–H groups in total. The van der Waals surface area contributed by atoms with Gasteiger partial charge in [-0.25, -0.2) is 0 Å². The lowest BCUT2D eigenvalue weighted by atomic mass is 10.0. The fourth-order valence-electron chi connectivity index (χ4n) is 4.27. The fourth-order valence-corrected chi connectivity index (χ4v) is 4.27. The molecule has 0 unspecified atom stereocenters. The van der Waals surface area contributed by atoms with E-state index in [-0.39, 0.29) is 18.1 Å². The zero-order valence-corrected chi connectivity index (χ0v) is 16.7. The number of hydrogen-bond donors (Lipinski definition) is 2. The van der Waals surface area contributed by atoms with Gasteiger partial charge in [0, 0.05) is 42.9 Å². The van der Waals surface area contributed by atoms with Crippen LogP contribution in [0.4, 0.5) is 18.9 Å². The topological polar surface area (TPSA) is 74.5 Å². The summed E-state index contributed by atoms with van der Waals surface area (Å²) in [6, 6.07) is 6.56. The number of benzene rings is 1. The number of fused-ring (bicyclic) bond motifs is 1. The molecule has 2 aliphatic heterocycles. The summed E-state index contributed by atoms with van der Waals surface area (Å²) in [4.78, 5) is 20.3. The standard InChI is InChI=1S/C21H26F3N5O/c22-21(23,24)14-11-16-17(26-12-14)3-1-4-18(16)27-15-6-9-28(10-7-15)13-20(30)29-8-2-5-19(29)25/h1,3-4,11-12,15,19,27H,2,5-10,13,25H2/t19-/m0/s1. The number of halogens is 3. The van der Waals surface area contributed by atoms with Crippen molar-refractivity contribution in [2.75, 3.05) is 31.5 Å². The summed E-state index contributed by atoms with van der Waals surface area (Å²) in [7, 11) is 0. The van der Waals surface area contributed by atoms with Gasteiger partial charge in [-0.05, 0) is 43.9 Å². The van der Waals surface area contributed by atoms with Crippen molar-refractivity contribution in [3.8, 4) is 0 Å². The molecule has 0 spiro atoms. The first-order valence-corrected chi connectivity index (χ1v) is 10.3. The van der Waals surface area contributed by atoms with E-state index in [1.807, 2.05) is 0 Å². The summed E-state index contributed by atoms with van der Waals surface area (Å²) >= 11 is 0. The lowest BCUT2D eigenvalue weighted by Gasteiger charge is -2.34. The zero-order valence-electron chi connectivity index (χ0n) is 16.7. The van der Waals surface area contributed by atoms with Crippen molar-refractivity contribution in [3.05, 3.63) is 36.0 Å². The predicted molar refractivity (Wildman–Crippen MR) is 109 cm³/mol.